The molecule has 0 unspecified atom stereocenters. The third-order valence-electron chi connectivity index (χ3n) is 5.99. The number of hydrogen-bond acceptors (Lipinski definition) is 4. The van der Waals surface area contributed by atoms with Gasteiger partial charge in [-0.05, 0) is 48.4 Å². The number of para-hydroxylation sites is 1. The second-order valence-corrected chi connectivity index (χ2v) is 8.40. The van der Waals surface area contributed by atoms with Crippen molar-refractivity contribution in [2.45, 2.75) is 6.42 Å². The third-order valence-corrected chi connectivity index (χ3v) is 5.99. The molecule has 0 saturated heterocycles. The van der Waals surface area contributed by atoms with E-state index < -0.39 is 17.6 Å². The minimum Gasteiger partial charge on any atom is -0.493 e. The molecule has 1 aromatic heterocycles. The quantitative estimate of drug-likeness (QED) is 0.332. The molecular weight excluding hydrogens is 473 g/mol. The molecule has 0 aliphatic carbocycles. The van der Waals surface area contributed by atoms with Gasteiger partial charge in [0.15, 0.2) is 11.5 Å². The van der Waals surface area contributed by atoms with Gasteiger partial charge < -0.3 is 24.7 Å². The van der Waals surface area contributed by atoms with Crippen LogP contribution >= 0.6 is 0 Å². The van der Waals surface area contributed by atoms with Gasteiger partial charge in [-0.3, -0.25) is 9.59 Å². The summed E-state index contributed by atoms with van der Waals surface area (Å²) in [6.45, 7) is 0.302. The lowest BCUT2D eigenvalue weighted by molar-refractivity contribution is -0.117. The van der Waals surface area contributed by atoms with Gasteiger partial charge in [-0.2, -0.15) is 0 Å². The van der Waals surface area contributed by atoms with Crippen molar-refractivity contribution in [2.24, 2.45) is 7.05 Å². The first kappa shape index (κ1) is 25.5. The third kappa shape index (κ3) is 5.81. The Hall–Kier alpha value is -4.59. The van der Waals surface area contributed by atoms with Crippen LogP contribution in [0.2, 0.25) is 0 Å². The molecule has 4 rings (SSSR count). The van der Waals surface area contributed by atoms with Crippen LogP contribution in [0.5, 0.6) is 11.5 Å². The van der Waals surface area contributed by atoms with Gasteiger partial charge in [0.1, 0.15) is 11.5 Å². The van der Waals surface area contributed by atoms with E-state index in [1.54, 1.807) is 32.4 Å². The molecule has 0 radical (unpaired) electrons. The van der Waals surface area contributed by atoms with E-state index in [0.29, 0.717) is 24.5 Å². The second kappa shape index (κ2) is 11.4. The molecule has 0 bridgehead atoms. The van der Waals surface area contributed by atoms with Crippen molar-refractivity contribution in [2.75, 3.05) is 20.8 Å². The molecule has 37 heavy (non-hydrogen) atoms. The number of hydrogen-bond donors (Lipinski definition) is 2. The van der Waals surface area contributed by atoms with Crippen LogP contribution in [0.1, 0.15) is 21.5 Å². The Kier molecular flexibility index (Phi) is 7.88. The van der Waals surface area contributed by atoms with Crippen molar-refractivity contribution in [1.82, 2.24) is 15.2 Å². The van der Waals surface area contributed by atoms with E-state index in [-0.39, 0.29) is 11.3 Å². The van der Waals surface area contributed by atoms with Gasteiger partial charge >= 0.3 is 0 Å². The highest BCUT2D eigenvalue weighted by molar-refractivity contribution is 6.06. The number of aryl methyl sites for hydroxylation is 1. The highest BCUT2D eigenvalue weighted by Crippen LogP contribution is 2.27. The van der Waals surface area contributed by atoms with Crippen LogP contribution in [0.15, 0.2) is 78.6 Å². The Morgan fingerprint density at radius 2 is 1.70 bits per heavy atom. The molecule has 0 fully saturated rings. The number of nitrogens with one attached hydrogen (secondary N) is 2. The van der Waals surface area contributed by atoms with E-state index in [1.807, 2.05) is 54.2 Å². The van der Waals surface area contributed by atoms with Crippen LogP contribution in [-0.2, 0) is 18.3 Å². The van der Waals surface area contributed by atoms with Crippen LogP contribution in [0.4, 0.5) is 4.39 Å². The van der Waals surface area contributed by atoms with Crippen molar-refractivity contribution in [1.29, 1.82) is 0 Å². The van der Waals surface area contributed by atoms with E-state index in [4.69, 9.17) is 9.47 Å². The fourth-order valence-electron chi connectivity index (χ4n) is 4.09. The lowest BCUT2D eigenvalue weighted by atomic mass is 10.1. The summed E-state index contributed by atoms with van der Waals surface area (Å²) in [6, 6.07) is 18.9. The lowest BCUT2D eigenvalue weighted by Gasteiger charge is -2.12. The summed E-state index contributed by atoms with van der Waals surface area (Å²) in [5.41, 5.74) is 2.52. The molecule has 2 N–H and O–H groups in total. The average Bonchev–Trinajstić information content (AvgIpc) is 3.23. The van der Waals surface area contributed by atoms with Crippen LogP contribution in [0.25, 0.3) is 17.0 Å². The minimum atomic E-state index is -0.709. The van der Waals surface area contributed by atoms with E-state index in [0.717, 1.165) is 22.0 Å². The number of nitrogens with zero attached hydrogens (tertiary/aromatic N) is 1. The Morgan fingerprint density at radius 3 is 2.46 bits per heavy atom. The summed E-state index contributed by atoms with van der Waals surface area (Å²) in [6.07, 6.45) is 4.00. The van der Waals surface area contributed by atoms with Crippen molar-refractivity contribution in [3.8, 4) is 11.5 Å². The fourth-order valence-corrected chi connectivity index (χ4v) is 4.09. The Bertz CT molecular complexity index is 1480. The van der Waals surface area contributed by atoms with E-state index in [1.165, 1.54) is 18.2 Å². The molecule has 7 nitrogen and oxygen atoms in total. The highest BCUT2D eigenvalue weighted by atomic mass is 19.1. The summed E-state index contributed by atoms with van der Waals surface area (Å²) in [7, 11) is 5.03. The van der Waals surface area contributed by atoms with Crippen LogP contribution in [-0.4, -0.2) is 37.1 Å². The first-order chi connectivity index (χ1) is 17.9. The number of aromatic nitrogens is 1. The smallest absolute Gasteiger partial charge is 0.267 e. The number of fused-ring (bicyclic) bond motifs is 1. The summed E-state index contributed by atoms with van der Waals surface area (Å²) in [4.78, 5) is 26.1. The topological polar surface area (TPSA) is 81.6 Å². The summed E-state index contributed by atoms with van der Waals surface area (Å²) >= 11 is 0. The SMILES string of the molecule is COc1ccc(CCNC(=O)/C(=C/c2cn(C)c3ccccc23)NC(=O)c2ccccc2F)cc1OC. The zero-order chi connectivity index (χ0) is 26.4. The monoisotopic (exact) mass is 501 g/mol. The number of methoxy groups -OCH3 is 2. The molecule has 190 valence electrons. The first-order valence-electron chi connectivity index (χ1n) is 11.7. The van der Waals surface area contributed by atoms with Gasteiger partial charge in [0.2, 0.25) is 0 Å². The molecule has 1 heterocycles. The predicted molar refractivity (Wildman–Crippen MR) is 141 cm³/mol. The zero-order valence-corrected chi connectivity index (χ0v) is 20.9. The zero-order valence-electron chi connectivity index (χ0n) is 20.9. The maximum atomic E-state index is 14.2. The van der Waals surface area contributed by atoms with Gasteiger partial charge in [-0.15, -0.1) is 0 Å². The Labute approximate surface area is 214 Å². The number of rotatable bonds is 9. The Morgan fingerprint density at radius 1 is 0.973 bits per heavy atom. The average molecular weight is 502 g/mol. The first-order valence-corrected chi connectivity index (χ1v) is 11.7. The van der Waals surface area contributed by atoms with Gasteiger partial charge in [-0.25, -0.2) is 4.39 Å². The number of carbonyl (C=O) groups excluding carboxylic acids is 2. The molecule has 0 aliphatic rings. The normalized spacial score (nSPS) is 11.3. The largest absolute Gasteiger partial charge is 0.493 e. The molecule has 3 aromatic carbocycles. The second-order valence-electron chi connectivity index (χ2n) is 8.40. The lowest BCUT2D eigenvalue weighted by Crippen LogP contribution is -2.36. The number of ether oxygens (including phenoxy) is 2. The van der Waals surface area contributed by atoms with Crippen LogP contribution in [0.3, 0.4) is 0 Å². The van der Waals surface area contributed by atoms with Crippen molar-refractivity contribution in [3.63, 3.8) is 0 Å². The van der Waals surface area contributed by atoms with Crippen LogP contribution in [0, 0.1) is 5.82 Å². The maximum absolute atomic E-state index is 14.2. The number of amides is 2. The molecular formula is C29H28FN3O4. The molecule has 4 aromatic rings. The maximum Gasteiger partial charge on any atom is 0.267 e. The molecule has 0 saturated carbocycles. The predicted octanol–water partition coefficient (Wildman–Crippen LogP) is 4.46. The number of carbonyl (C=O) groups is 2. The van der Waals surface area contributed by atoms with Gasteiger partial charge in [0.25, 0.3) is 11.8 Å². The van der Waals surface area contributed by atoms with E-state index in [2.05, 4.69) is 10.6 Å². The molecule has 0 aliphatic heterocycles. The molecule has 8 heteroatoms. The fraction of sp³-hybridized carbons (Fsp3) is 0.172. The molecule has 0 spiro atoms. The van der Waals surface area contributed by atoms with Crippen molar-refractivity contribution in [3.05, 3.63) is 101 Å². The number of halogens is 1. The van der Waals surface area contributed by atoms with Gasteiger partial charge in [-0.1, -0.05) is 36.4 Å². The standard InChI is InChI=1S/C29H28FN3O4/c1-33-18-20(21-8-5-7-11-25(21)33)17-24(32-28(34)22-9-4-6-10-23(22)30)29(35)31-15-14-19-12-13-26(36-2)27(16-19)37-3/h4-13,16-18H,14-15H2,1-3H3,(H,31,35)(H,32,34)/b24-17-. The Balaban J connectivity index is 1.57. The molecule has 2 amide bonds. The highest BCUT2D eigenvalue weighted by Gasteiger charge is 2.18. The summed E-state index contributed by atoms with van der Waals surface area (Å²) in [5.74, 6) is -0.650. The number of benzene rings is 3. The van der Waals surface area contributed by atoms with Crippen molar-refractivity contribution >= 4 is 28.8 Å². The van der Waals surface area contributed by atoms with Gasteiger partial charge in [0.05, 0.1) is 19.8 Å². The minimum absolute atomic E-state index is 0.0110. The summed E-state index contributed by atoms with van der Waals surface area (Å²) in [5, 5.41) is 6.37. The van der Waals surface area contributed by atoms with Crippen molar-refractivity contribution < 1.29 is 23.5 Å². The van der Waals surface area contributed by atoms with E-state index in [9.17, 15) is 14.0 Å². The van der Waals surface area contributed by atoms with Crippen LogP contribution < -0.4 is 20.1 Å². The molecule has 0 atom stereocenters. The van der Waals surface area contributed by atoms with Gasteiger partial charge in [0, 0.05) is 36.3 Å². The van der Waals surface area contributed by atoms with E-state index >= 15 is 0 Å². The summed E-state index contributed by atoms with van der Waals surface area (Å²) < 4.78 is 26.8.